The topological polar surface area (TPSA) is 110 Å². The second-order valence-corrected chi connectivity index (χ2v) is 9.44. The van der Waals surface area contributed by atoms with Gasteiger partial charge in [0.25, 0.3) is 5.91 Å². The molecule has 0 bridgehead atoms. The van der Waals surface area contributed by atoms with Crippen LogP contribution >= 0.6 is 11.3 Å². The van der Waals surface area contributed by atoms with Gasteiger partial charge in [-0.1, -0.05) is 18.2 Å². The number of rotatable bonds is 9. The van der Waals surface area contributed by atoms with Crippen molar-refractivity contribution in [3.63, 3.8) is 0 Å². The Kier molecular flexibility index (Phi) is 7.03. The zero-order chi connectivity index (χ0) is 22.4. The van der Waals surface area contributed by atoms with Crippen molar-refractivity contribution in [2.24, 2.45) is 0 Å². The fourth-order valence-corrected chi connectivity index (χ4v) is 4.21. The Morgan fingerprint density at radius 1 is 1.26 bits per heavy atom. The van der Waals surface area contributed by atoms with Gasteiger partial charge in [-0.2, -0.15) is 0 Å². The van der Waals surface area contributed by atoms with E-state index in [9.17, 15) is 18.0 Å². The SMILES string of the molecule is C=CCN(C(=O)CCNC(=O)c1ccco1)c1nc(-c2ccc(S(C)(=O)=O)cc2)cs1. The van der Waals surface area contributed by atoms with Crippen molar-refractivity contribution in [3.8, 4) is 11.3 Å². The monoisotopic (exact) mass is 459 g/mol. The largest absolute Gasteiger partial charge is 0.459 e. The Bertz CT molecular complexity index is 1170. The average molecular weight is 460 g/mol. The van der Waals surface area contributed by atoms with Crippen molar-refractivity contribution in [1.82, 2.24) is 10.3 Å². The lowest BCUT2D eigenvalue weighted by Crippen LogP contribution is -2.34. The number of furan rings is 1. The molecule has 0 spiro atoms. The summed E-state index contributed by atoms with van der Waals surface area (Å²) >= 11 is 1.29. The molecule has 0 aliphatic rings. The van der Waals surface area contributed by atoms with Gasteiger partial charge < -0.3 is 9.73 Å². The summed E-state index contributed by atoms with van der Waals surface area (Å²) in [5.74, 6) is -0.419. The van der Waals surface area contributed by atoms with Crippen LogP contribution in [0.25, 0.3) is 11.3 Å². The third kappa shape index (κ3) is 5.68. The molecule has 10 heteroatoms. The zero-order valence-corrected chi connectivity index (χ0v) is 18.4. The van der Waals surface area contributed by atoms with Crippen LogP contribution in [0.5, 0.6) is 0 Å². The van der Waals surface area contributed by atoms with Crippen LogP contribution in [0.2, 0.25) is 0 Å². The van der Waals surface area contributed by atoms with E-state index in [1.165, 1.54) is 34.6 Å². The van der Waals surface area contributed by atoms with Gasteiger partial charge in [0.2, 0.25) is 5.91 Å². The zero-order valence-electron chi connectivity index (χ0n) is 16.8. The van der Waals surface area contributed by atoms with Crippen LogP contribution < -0.4 is 10.2 Å². The molecule has 0 radical (unpaired) electrons. The first-order valence-electron chi connectivity index (χ1n) is 9.28. The number of benzene rings is 1. The highest BCUT2D eigenvalue weighted by Gasteiger charge is 2.19. The van der Waals surface area contributed by atoms with Gasteiger partial charge in [0.1, 0.15) is 0 Å². The number of nitrogens with one attached hydrogen (secondary N) is 1. The molecular formula is C21H21N3O5S2. The van der Waals surface area contributed by atoms with Crippen molar-refractivity contribution >= 4 is 38.1 Å². The lowest BCUT2D eigenvalue weighted by Gasteiger charge is -2.18. The lowest BCUT2D eigenvalue weighted by molar-refractivity contribution is -0.118. The maximum atomic E-state index is 12.7. The Morgan fingerprint density at radius 2 is 2.00 bits per heavy atom. The number of hydrogen-bond donors (Lipinski definition) is 1. The number of nitrogens with zero attached hydrogens (tertiary/aromatic N) is 2. The lowest BCUT2D eigenvalue weighted by atomic mass is 10.2. The Balaban J connectivity index is 1.67. The molecule has 2 amide bonds. The molecule has 162 valence electrons. The smallest absolute Gasteiger partial charge is 0.286 e. The van der Waals surface area contributed by atoms with Crippen molar-refractivity contribution in [1.29, 1.82) is 0 Å². The molecule has 0 aliphatic carbocycles. The molecule has 0 aliphatic heterocycles. The van der Waals surface area contributed by atoms with Crippen LogP contribution in [-0.2, 0) is 14.6 Å². The third-order valence-corrected chi connectivity index (χ3v) is 6.28. The predicted octanol–water partition coefficient (Wildman–Crippen LogP) is 3.15. The van der Waals surface area contributed by atoms with Crippen molar-refractivity contribution < 1.29 is 22.4 Å². The summed E-state index contributed by atoms with van der Waals surface area (Å²) in [6, 6.07) is 9.57. The Labute approximate surface area is 184 Å². The molecule has 1 N–H and O–H groups in total. The minimum absolute atomic E-state index is 0.0816. The normalized spacial score (nSPS) is 11.1. The van der Waals surface area contributed by atoms with E-state index in [1.54, 1.807) is 35.7 Å². The van der Waals surface area contributed by atoms with Crippen LogP contribution in [0, 0.1) is 0 Å². The molecule has 8 nitrogen and oxygen atoms in total. The van der Waals surface area contributed by atoms with E-state index in [1.807, 2.05) is 0 Å². The maximum absolute atomic E-state index is 12.7. The highest BCUT2D eigenvalue weighted by atomic mass is 32.2. The third-order valence-electron chi connectivity index (χ3n) is 4.28. The molecule has 1 aromatic carbocycles. The maximum Gasteiger partial charge on any atom is 0.286 e. The van der Waals surface area contributed by atoms with E-state index in [0.717, 1.165) is 11.8 Å². The van der Waals surface area contributed by atoms with Crippen LogP contribution in [0.15, 0.2) is 70.0 Å². The predicted molar refractivity (Wildman–Crippen MR) is 119 cm³/mol. The average Bonchev–Trinajstić information content (AvgIpc) is 3.43. The number of carbonyl (C=O) groups excluding carboxylic acids is 2. The standard InChI is InChI=1S/C21H21N3O5S2/c1-3-12-24(19(25)10-11-22-20(26)18-5-4-13-29-18)21-23-17(14-30-21)15-6-8-16(9-7-15)31(2,27)28/h3-9,13-14H,1,10-12H2,2H3,(H,22,26). The van der Waals surface area contributed by atoms with Crippen LogP contribution in [0.3, 0.4) is 0 Å². The first kappa shape index (κ1) is 22.4. The Morgan fingerprint density at radius 3 is 2.61 bits per heavy atom. The first-order chi connectivity index (χ1) is 14.8. The van der Waals surface area contributed by atoms with E-state index >= 15 is 0 Å². The second-order valence-electron chi connectivity index (χ2n) is 6.59. The molecule has 2 aromatic heterocycles. The van der Waals surface area contributed by atoms with Crippen molar-refractivity contribution in [2.45, 2.75) is 11.3 Å². The van der Waals surface area contributed by atoms with Crippen molar-refractivity contribution in [3.05, 3.63) is 66.5 Å². The summed E-state index contributed by atoms with van der Waals surface area (Å²) in [5, 5.41) is 4.93. The number of aromatic nitrogens is 1. The van der Waals surface area contributed by atoms with Crippen LogP contribution in [0.4, 0.5) is 5.13 Å². The molecule has 0 fully saturated rings. The van der Waals surface area contributed by atoms with Gasteiger partial charge in [-0.15, -0.1) is 17.9 Å². The summed E-state index contributed by atoms with van der Waals surface area (Å²) in [6.07, 6.45) is 4.24. The number of thiazole rings is 1. The fourth-order valence-electron chi connectivity index (χ4n) is 2.72. The highest BCUT2D eigenvalue weighted by Crippen LogP contribution is 2.28. The van der Waals surface area contributed by atoms with Gasteiger partial charge in [0, 0.05) is 36.7 Å². The van der Waals surface area contributed by atoms with E-state index in [4.69, 9.17) is 4.42 Å². The van der Waals surface area contributed by atoms with Gasteiger partial charge in [-0.05, 0) is 24.3 Å². The Hall–Kier alpha value is -3.24. The minimum atomic E-state index is -3.28. The van der Waals surface area contributed by atoms with E-state index in [2.05, 4.69) is 16.9 Å². The van der Waals surface area contributed by atoms with Crippen LogP contribution in [0.1, 0.15) is 17.0 Å². The first-order valence-corrected chi connectivity index (χ1v) is 12.1. The molecule has 2 heterocycles. The van der Waals surface area contributed by atoms with Gasteiger partial charge in [-0.25, -0.2) is 13.4 Å². The number of hydrogen-bond acceptors (Lipinski definition) is 7. The fraction of sp³-hybridized carbons (Fsp3) is 0.190. The van der Waals surface area contributed by atoms with Crippen LogP contribution in [-0.4, -0.2) is 44.6 Å². The molecule has 0 atom stereocenters. The molecule has 3 rings (SSSR count). The number of amides is 2. The van der Waals surface area contributed by atoms with Crippen molar-refractivity contribution in [2.75, 3.05) is 24.2 Å². The van der Waals surface area contributed by atoms with Gasteiger partial charge in [0.15, 0.2) is 20.7 Å². The number of carbonyl (C=O) groups is 2. The summed E-state index contributed by atoms with van der Waals surface area (Å²) < 4.78 is 28.3. The molecular weight excluding hydrogens is 438 g/mol. The second kappa shape index (κ2) is 9.71. The van der Waals surface area contributed by atoms with Gasteiger partial charge >= 0.3 is 0 Å². The minimum Gasteiger partial charge on any atom is -0.459 e. The van der Waals surface area contributed by atoms with E-state index in [-0.39, 0.29) is 42.0 Å². The molecule has 0 saturated heterocycles. The molecule has 0 saturated carbocycles. The van der Waals surface area contributed by atoms with E-state index in [0.29, 0.717) is 10.8 Å². The summed E-state index contributed by atoms with van der Waals surface area (Å²) in [5.41, 5.74) is 1.37. The molecule has 31 heavy (non-hydrogen) atoms. The number of anilines is 1. The summed E-state index contributed by atoms with van der Waals surface area (Å²) in [7, 11) is -3.28. The van der Waals surface area contributed by atoms with E-state index < -0.39 is 9.84 Å². The van der Waals surface area contributed by atoms with Gasteiger partial charge in [-0.3, -0.25) is 14.5 Å². The quantitative estimate of drug-likeness (QED) is 0.492. The molecule has 0 unspecified atom stereocenters. The summed E-state index contributed by atoms with van der Waals surface area (Å²) in [6.45, 7) is 4.11. The number of sulfone groups is 1. The summed E-state index contributed by atoms with van der Waals surface area (Å²) in [4.78, 5) is 30.9. The highest BCUT2D eigenvalue weighted by molar-refractivity contribution is 7.90. The molecule has 3 aromatic rings. The van der Waals surface area contributed by atoms with Gasteiger partial charge in [0.05, 0.1) is 16.9 Å².